The van der Waals surface area contributed by atoms with Crippen LogP contribution in [0.5, 0.6) is 0 Å². The first kappa shape index (κ1) is 60.6. The average Bonchev–Trinajstić information content (AvgIpc) is 0.754. The number of fused-ring (bicyclic) bond motifs is 5. The fourth-order valence-electron chi connectivity index (χ4n) is 13.7. The van der Waals surface area contributed by atoms with E-state index in [9.17, 15) is 0 Å². The molecule has 0 radical (unpaired) electrons. The molecule has 0 saturated heterocycles. The Kier molecular flexibility index (Phi) is 18.6. The molecule has 0 fully saturated rings. The Morgan fingerprint density at radius 2 is 0.667 bits per heavy atom. The fraction of sp³-hybridized carbons (Fsp3) is 0.202. The summed E-state index contributed by atoms with van der Waals surface area (Å²) < 4.78 is 64.9. The Hall–Kier alpha value is -10.8. The maximum atomic E-state index is 8.38. The van der Waals surface area contributed by atoms with Crippen molar-refractivity contribution in [2.24, 2.45) is 35.2 Å². The van der Waals surface area contributed by atoms with Gasteiger partial charge in [0.05, 0.1) is 10.9 Å². The molecule has 0 aliphatic heterocycles. The molecule has 15 rings (SSSR count). The molecular weight excluding hydrogens is 1200 g/mol. The van der Waals surface area contributed by atoms with Crippen LogP contribution in [0.1, 0.15) is 96.0 Å². The molecule has 99 heavy (non-hydrogen) atoms. The van der Waals surface area contributed by atoms with E-state index < -0.39 is 19.6 Å². The zero-order chi connectivity index (χ0) is 76.3. The minimum Gasteiger partial charge on any atom is -0.200 e. The standard InChI is InChI=1S/C22H26N.C19H20N.2C18H18N.C17H16N/c1-14(2)18-7-8-20-19(13-18)9-10-23(6)22(20)21-12-15(3)11-16(4)17(21)5;1-13-9-14(2)15(3)18(10-13)19-11-16-7-5-6-8-17(16)12-20(19)4;2*1-13-8-9-17(14(2)10-13)18-11-15-6-4-5-7-16(15)12-19(18)3;1-13-7-3-6-10-16(13)17-11-14-8-4-5-9-15(14)12-18(17)2/h7-14H,1-6H3;5-12H,1-4H3;2*4-12H,1-3H3;3-12H,1-2H3/q5*+1/i1D3,14D;;1D3;;. The number of pyridine rings is 5. The molecule has 1 atom stereocenters. The van der Waals surface area contributed by atoms with Crippen LogP contribution >= 0.6 is 0 Å². The summed E-state index contributed by atoms with van der Waals surface area (Å²) in [6.45, 7) is 18.4. The van der Waals surface area contributed by atoms with E-state index in [0.717, 1.165) is 33.3 Å². The number of hydrogen-bond acceptors (Lipinski definition) is 0. The maximum Gasteiger partial charge on any atom is 0.220 e. The summed E-state index contributed by atoms with van der Waals surface area (Å²) in [5, 5.41) is 12.1. The van der Waals surface area contributed by atoms with Gasteiger partial charge in [0, 0.05) is 83.7 Å². The molecule has 0 spiro atoms. The molecular formula is C94H98N5+5. The van der Waals surface area contributed by atoms with E-state index in [4.69, 9.17) is 9.60 Å². The van der Waals surface area contributed by atoms with Gasteiger partial charge in [0.15, 0.2) is 31.0 Å². The predicted octanol–water partition coefficient (Wildman–Crippen LogP) is 21.2. The summed E-state index contributed by atoms with van der Waals surface area (Å²) in [5.41, 5.74) is 25.7. The van der Waals surface area contributed by atoms with E-state index >= 15 is 0 Å². The number of benzene rings is 10. The molecule has 1 unspecified atom stereocenters. The predicted molar refractivity (Wildman–Crippen MR) is 419 cm³/mol. The van der Waals surface area contributed by atoms with Gasteiger partial charge in [0.1, 0.15) is 35.2 Å². The van der Waals surface area contributed by atoms with Crippen molar-refractivity contribution in [2.45, 2.75) is 95.8 Å². The van der Waals surface area contributed by atoms with Crippen molar-refractivity contribution in [1.82, 2.24) is 0 Å². The summed E-state index contributed by atoms with van der Waals surface area (Å²) >= 11 is 0. The largest absolute Gasteiger partial charge is 0.220 e. The van der Waals surface area contributed by atoms with E-state index in [1.165, 1.54) is 139 Å². The normalized spacial score (nSPS) is 12.9. The molecule has 10 aromatic carbocycles. The average molecular weight is 1300 g/mol. The highest BCUT2D eigenvalue weighted by atomic mass is 14.9. The number of nitrogens with zero attached hydrogens (tertiary/aromatic N) is 5. The van der Waals surface area contributed by atoms with Gasteiger partial charge in [-0.05, 0) is 214 Å². The molecule has 5 heteroatoms. The van der Waals surface area contributed by atoms with Gasteiger partial charge in [0.2, 0.25) is 28.5 Å². The van der Waals surface area contributed by atoms with Gasteiger partial charge in [-0.1, -0.05) is 176 Å². The minimum atomic E-state index is -2.38. The van der Waals surface area contributed by atoms with E-state index in [0.29, 0.717) is 11.1 Å². The third kappa shape index (κ3) is 15.8. The van der Waals surface area contributed by atoms with Crippen LogP contribution in [0.15, 0.2) is 262 Å². The van der Waals surface area contributed by atoms with Gasteiger partial charge >= 0.3 is 0 Å². The van der Waals surface area contributed by atoms with E-state index in [1.54, 1.807) is 18.2 Å². The molecule has 494 valence electrons. The summed E-state index contributed by atoms with van der Waals surface area (Å²) in [6.07, 6.45) is 10.7. The van der Waals surface area contributed by atoms with Gasteiger partial charge < -0.3 is 0 Å². The van der Waals surface area contributed by atoms with Crippen LogP contribution in [0.25, 0.3) is 110 Å². The molecule has 0 N–H and O–H groups in total. The van der Waals surface area contributed by atoms with Crippen LogP contribution in [0.4, 0.5) is 0 Å². The van der Waals surface area contributed by atoms with E-state index in [-0.39, 0.29) is 0 Å². The zero-order valence-corrected chi connectivity index (χ0v) is 60.6. The lowest BCUT2D eigenvalue weighted by Gasteiger charge is -2.12. The van der Waals surface area contributed by atoms with Crippen molar-refractivity contribution in [3.8, 4) is 56.3 Å². The third-order valence-corrected chi connectivity index (χ3v) is 19.3. The van der Waals surface area contributed by atoms with Crippen molar-refractivity contribution in [1.29, 1.82) is 0 Å². The first-order valence-corrected chi connectivity index (χ1v) is 34.1. The molecule has 5 aromatic heterocycles. The minimum absolute atomic E-state index is 0.386. The highest BCUT2D eigenvalue weighted by Crippen LogP contribution is 2.34. The maximum absolute atomic E-state index is 8.38. The Morgan fingerprint density at radius 1 is 0.293 bits per heavy atom. The third-order valence-electron chi connectivity index (χ3n) is 19.3. The lowest BCUT2D eigenvalue weighted by atomic mass is 9.93. The molecule has 5 heterocycles. The Balaban J connectivity index is 0.000000133. The molecule has 15 aromatic rings. The molecule has 0 bridgehead atoms. The summed E-state index contributed by atoms with van der Waals surface area (Å²) in [5.74, 6) is -1.64. The van der Waals surface area contributed by atoms with Crippen molar-refractivity contribution >= 4 is 53.9 Å². The lowest BCUT2D eigenvalue weighted by molar-refractivity contribution is -0.659. The first-order chi connectivity index (χ1) is 50.3. The summed E-state index contributed by atoms with van der Waals surface area (Å²) in [6, 6.07) is 79.7. The Bertz CT molecular complexity index is 5810. The van der Waals surface area contributed by atoms with Crippen molar-refractivity contribution in [3.05, 3.63) is 328 Å². The number of aromatic nitrogens is 5. The van der Waals surface area contributed by atoms with Crippen molar-refractivity contribution in [2.75, 3.05) is 0 Å². The van der Waals surface area contributed by atoms with E-state index in [2.05, 4.69) is 307 Å². The first-order valence-electron chi connectivity index (χ1n) is 37.6. The molecule has 0 amide bonds. The highest BCUT2D eigenvalue weighted by molar-refractivity contribution is 5.95. The summed E-state index contributed by atoms with van der Waals surface area (Å²) in [4.78, 5) is 0. The molecule has 5 nitrogen and oxygen atoms in total. The van der Waals surface area contributed by atoms with Crippen LogP contribution in [0, 0.1) is 76.1 Å². The van der Waals surface area contributed by atoms with Gasteiger partial charge in [-0.25, -0.2) is 22.8 Å². The summed E-state index contributed by atoms with van der Waals surface area (Å²) in [7, 11) is 10.4. The fourth-order valence-corrected chi connectivity index (χ4v) is 13.7. The second-order valence-corrected chi connectivity index (χ2v) is 27.0. The van der Waals surface area contributed by atoms with Crippen LogP contribution in [0.3, 0.4) is 0 Å². The van der Waals surface area contributed by atoms with Crippen molar-refractivity contribution in [3.63, 3.8) is 0 Å². The van der Waals surface area contributed by atoms with Crippen molar-refractivity contribution < 1.29 is 32.4 Å². The molecule has 0 saturated carbocycles. The molecule has 0 aliphatic rings. The van der Waals surface area contributed by atoms with Crippen LogP contribution < -0.4 is 22.8 Å². The van der Waals surface area contributed by atoms with Crippen LogP contribution in [0.2, 0.25) is 0 Å². The zero-order valence-electron chi connectivity index (χ0n) is 67.6. The smallest absolute Gasteiger partial charge is 0.200 e. The van der Waals surface area contributed by atoms with E-state index in [1.807, 2.05) is 63.6 Å². The highest BCUT2D eigenvalue weighted by Gasteiger charge is 2.21. The van der Waals surface area contributed by atoms with Gasteiger partial charge in [0.25, 0.3) is 0 Å². The van der Waals surface area contributed by atoms with Gasteiger partial charge in [-0.2, -0.15) is 0 Å². The van der Waals surface area contributed by atoms with Crippen LogP contribution in [-0.2, 0) is 35.2 Å². The Labute approximate surface area is 598 Å². The van der Waals surface area contributed by atoms with Gasteiger partial charge in [-0.15, -0.1) is 0 Å². The number of aryl methyl sites for hydroxylation is 14. The van der Waals surface area contributed by atoms with Crippen LogP contribution in [-0.4, -0.2) is 0 Å². The number of hydrogen-bond donors (Lipinski definition) is 0. The second-order valence-electron chi connectivity index (χ2n) is 27.0. The second kappa shape index (κ2) is 30.3. The van der Waals surface area contributed by atoms with Gasteiger partial charge in [-0.3, -0.25) is 0 Å². The molecule has 0 aliphatic carbocycles. The quantitative estimate of drug-likeness (QED) is 0.148. The lowest BCUT2D eigenvalue weighted by Crippen LogP contribution is -2.30. The topological polar surface area (TPSA) is 19.4 Å². The monoisotopic (exact) mass is 1300 g/mol. The Morgan fingerprint density at radius 3 is 1.10 bits per heavy atom. The number of rotatable bonds is 6. The SMILES string of the molecule is Cc1cc(C)c(C)c(-c2cc3ccccc3c[n+]2C)c1.Cc1ccc(-c2cc3ccccc3c[n+]2C)c(C)c1.Cc1ccccc1-c1cc2ccccc2c[n+]1C.[2H]C([2H])([2H])C([2H])(C)c1ccc2c(-c3cc(C)cc(C)c3C)[n+](C)ccc2c1.[2H]C([2H])([2H])c1ccc(-c2cc3ccccc3c[n+]2C)c(C)c1.